The summed E-state index contributed by atoms with van der Waals surface area (Å²) in [5, 5.41) is 12.1. The predicted molar refractivity (Wildman–Crippen MR) is 60.0 cm³/mol. The molecule has 0 aromatic rings. The summed E-state index contributed by atoms with van der Waals surface area (Å²) in [6.45, 7) is 11.1. The third kappa shape index (κ3) is 2.92. The lowest BCUT2D eigenvalue weighted by Crippen LogP contribution is -2.67. The van der Waals surface area contributed by atoms with Crippen LogP contribution in [0, 0.1) is 0 Å². The number of piperazine rings is 1. The summed E-state index contributed by atoms with van der Waals surface area (Å²) in [6.07, 6.45) is 0.215. The second-order valence-corrected chi connectivity index (χ2v) is 5.52. The highest BCUT2D eigenvalue weighted by Gasteiger charge is 2.40. The fraction of sp³-hybridized carbons (Fsp3) is 0.909. The summed E-state index contributed by atoms with van der Waals surface area (Å²) < 4.78 is 0. The Hall–Kier alpha value is -0.610. The highest BCUT2D eigenvalue weighted by Crippen LogP contribution is 2.28. The van der Waals surface area contributed by atoms with Crippen LogP contribution in [-0.2, 0) is 4.79 Å². The molecule has 0 aliphatic carbocycles. The van der Waals surface area contributed by atoms with Crippen molar-refractivity contribution in [2.75, 3.05) is 19.6 Å². The van der Waals surface area contributed by atoms with E-state index in [-0.39, 0.29) is 17.5 Å². The van der Waals surface area contributed by atoms with Crippen LogP contribution in [0.3, 0.4) is 0 Å². The average Bonchev–Trinajstić information content (AvgIpc) is 1.99. The number of carboxylic acid groups (broad SMARTS) is 1. The molecule has 4 nitrogen and oxygen atoms in total. The van der Waals surface area contributed by atoms with Gasteiger partial charge >= 0.3 is 5.97 Å². The van der Waals surface area contributed by atoms with Gasteiger partial charge in [0.05, 0.1) is 6.42 Å². The number of hydrogen-bond donors (Lipinski definition) is 2. The molecule has 0 spiro atoms. The van der Waals surface area contributed by atoms with E-state index in [4.69, 9.17) is 5.11 Å². The number of aliphatic carboxylic acids is 1. The molecule has 1 saturated heterocycles. The van der Waals surface area contributed by atoms with Crippen molar-refractivity contribution >= 4 is 5.97 Å². The van der Waals surface area contributed by atoms with Gasteiger partial charge in [-0.2, -0.15) is 0 Å². The molecule has 1 fully saturated rings. The van der Waals surface area contributed by atoms with E-state index < -0.39 is 5.97 Å². The van der Waals surface area contributed by atoms with Crippen molar-refractivity contribution in [3.63, 3.8) is 0 Å². The van der Waals surface area contributed by atoms with Gasteiger partial charge in [0, 0.05) is 30.7 Å². The highest BCUT2D eigenvalue weighted by atomic mass is 16.4. The zero-order valence-electron chi connectivity index (χ0n) is 10.1. The molecule has 88 valence electrons. The smallest absolute Gasteiger partial charge is 0.304 e. The van der Waals surface area contributed by atoms with Crippen LogP contribution in [0.1, 0.15) is 34.1 Å². The third-order valence-corrected chi connectivity index (χ3v) is 3.13. The first-order chi connectivity index (χ1) is 6.76. The molecule has 0 saturated carbocycles. The maximum Gasteiger partial charge on any atom is 0.304 e. The molecular formula is C11H22N2O2. The standard InChI is InChI=1S/C11H22N2O2/c1-10(2)7-12-8-11(3,4)13(10)6-5-9(14)15/h12H,5-8H2,1-4H3,(H,14,15). The van der Waals surface area contributed by atoms with Gasteiger partial charge in [0.1, 0.15) is 0 Å². The first kappa shape index (κ1) is 12.5. The van der Waals surface area contributed by atoms with Crippen molar-refractivity contribution in [1.82, 2.24) is 10.2 Å². The van der Waals surface area contributed by atoms with Crippen molar-refractivity contribution in [2.45, 2.75) is 45.2 Å². The van der Waals surface area contributed by atoms with E-state index in [1.807, 2.05) is 0 Å². The van der Waals surface area contributed by atoms with Crippen LogP contribution < -0.4 is 5.32 Å². The summed E-state index contributed by atoms with van der Waals surface area (Å²) >= 11 is 0. The third-order valence-electron chi connectivity index (χ3n) is 3.13. The van der Waals surface area contributed by atoms with Gasteiger partial charge in [0.25, 0.3) is 0 Å². The van der Waals surface area contributed by atoms with E-state index in [9.17, 15) is 4.79 Å². The fourth-order valence-corrected chi connectivity index (χ4v) is 2.50. The van der Waals surface area contributed by atoms with Crippen LogP contribution in [0.4, 0.5) is 0 Å². The molecule has 15 heavy (non-hydrogen) atoms. The number of hydrogen-bond acceptors (Lipinski definition) is 3. The summed E-state index contributed by atoms with van der Waals surface area (Å²) in [4.78, 5) is 12.9. The number of rotatable bonds is 3. The van der Waals surface area contributed by atoms with Crippen LogP contribution in [0.15, 0.2) is 0 Å². The van der Waals surface area contributed by atoms with Crippen molar-refractivity contribution in [1.29, 1.82) is 0 Å². The van der Waals surface area contributed by atoms with Gasteiger partial charge in [0.15, 0.2) is 0 Å². The van der Waals surface area contributed by atoms with E-state index in [1.54, 1.807) is 0 Å². The van der Waals surface area contributed by atoms with E-state index >= 15 is 0 Å². The monoisotopic (exact) mass is 214 g/mol. The average molecular weight is 214 g/mol. The largest absolute Gasteiger partial charge is 0.481 e. The van der Waals surface area contributed by atoms with Gasteiger partial charge in [0.2, 0.25) is 0 Å². The summed E-state index contributed by atoms with van der Waals surface area (Å²) in [5.74, 6) is -0.722. The van der Waals surface area contributed by atoms with Crippen LogP contribution >= 0.6 is 0 Å². The minimum Gasteiger partial charge on any atom is -0.481 e. The van der Waals surface area contributed by atoms with Crippen molar-refractivity contribution in [2.24, 2.45) is 0 Å². The van der Waals surface area contributed by atoms with Gasteiger partial charge in [-0.25, -0.2) is 0 Å². The first-order valence-electron chi connectivity index (χ1n) is 5.46. The Labute approximate surface area is 91.6 Å². The molecule has 1 aliphatic heterocycles. The van der Waals surface area contributed by atoms with Gasteiger partial charge in [-0.3, -0.25) is 9.69 Å². The number of nitrogens with one attached hydrogen (secondary N) is 1. The highest BCUT2D eigenvalue weighted by molar-refractivity contribution is 5.66. The molecule has 0 amide bonds. The Kier molecular flexibility index (Phi) is 3.41. The van der Waals surface area contributed by atoms with Gasteiger partial charge in [-0.1, -0.05) is 0 Å². The van der Waals surface area contributed by atoms with E-state index in [2.05, 4.69) is 37.9 Å². The zero-order chi connectivity index (χ0) is 11.7. The van der Waals surface area contributed by atoms with Crippen molar-refractivity contribution in [3.8, 4) is 0 Å². The minimum atomic E-state index is -0.722. The van der Waals surface area contributed by atoms with Crippen LogP contribution in [-0.4, -0.2) is 46.7 Å². The maximum atomic E-state index is 10.6. The molecule has 0 aromatic carbocycles. The van der Waals surface area contributed by atoms with Crippen LogP contribution in [0.2, 0.25) is 0 Å². The normalized spacial score (nSPS) is 25.1. The molecule has 1 rings (SSSR count). The Morgan fingerprint density at radius 1 is 1.27 bits per heavy atom. The predicted octanol–water partition coefficient (Wildman–Crippen LogP) is 0.923. The number of carbonyl (C=O) groups is 1. The lowest BCUT2D eigenvalue weighted by Gasteiger charge is -2.53. The molecule has 2 N–H and O–H groups in total. The lowest BCUT2D eigenvalue weighted by atomic mass is 9.89. The quantitative estimate of drug-likeness (QED) is 0.733. The molecule has 1 heterocycles. The van der Waals surface area contributed by atoms with E-state index in [0.29, 0.717) is 6.54 Å². The molecule has 0 aromatic heterocycles. The Balaban J connectivity index is 2.72. The number of carboxylic acids is 1. The molecule has 0 atom stereocenters. The Bertz CT molecular complexity index is 233. The fourth-order valence-electron chi connectivity index (χ4n) is 2.50. The Morgan fingerprint density at radius 3 is 2.13 bits per heavy atom. The van der Waals surface area contributed by atoms with Crippen molar-refractivity contribution < 1.29 is 9.90 Å². The molecule has 1 aliphatic rings. The molecular weight excluding hydrogens is 192 g/mol. The zero-order valence-corrected chi connectivity index (χ0v) is 10.1. The SMILES string of the molecule is CC1(C)CNCC(C)(C)N1CCC(=O)O. The van der Waals surface area contributed by atoms with E-state index in [0.717, 1.165) is 13.1 Å². The molecule has 0 bridgehead atoms. The number of nitrogens with zero attached hydrogens (tertiary/aromatic N) is 1. The van der Waals surface area contributed by atoms with Gasteiger partial charge in [-0.15, -0.1) is 0 Å². The molecule has 0 radical (unpaired) electrons. The van der Waals surface area contributed by atoms with E-state index in [1.165, 1.54) is 0 Å². The Morgan fingerprint density at radius 2 is 1.73 bits per heavy atom. The molecule has 0 unspecified atom stereocenters. The second-order valence-electron chi connectivity index (χ2n) is 5.52. The maximum absolute atomic E-state index is 10.6. The first-order valence-corrected chi connectivity index (χ1v) is 5.46. The van der Waals surface area contributed by atoms with Gasteiger partial charge in [-0.05, 0) is 27.7 Å². The topological polar surface area (TPSA) is 52.6 Å². The van der Waals surface area contributed by atoms with Crippen LogP contribution in [0.25, 0.3) is 0 Å². The summed E-state index contributed by atoms with van der Waals surface area (Å²) in [7, 11) is 0. The van der Waals surface area contributed by atoms with Gasteiger partial charge < -0.3 is 10.4 Å². The summed E-state index contributed by atoms with van der Waals surface area (Å²) in [5.41, 5.74) is 0.0500. The minimum absolute atomic E-state index is 0.0250. The second kappa shape index (κ2) is 4.10. The summed E-state index contributed by atoms with van der Waals surface area (Å²) in [6, 6.07) is 0. The van der Waals surface area contributed by atoms with Crippen LogP contribution in [0.5, 0.6) is 0 Å². The lowest BCUT2D eigenvalue weighted by molar-refractivity contribution is -0.138. The van der Waals surface area contributed by atoms with Crippen molar-refractivity contribution in [3.05, 3.63) is 0 Å². The molecule has 4 heteroatoms.